The minimum Gasteiger partial charge on any atom is -0.298 e. The van der Waals surface area contributed by atoms with Crippen LogP contribution in [0.2, 0.25) is 0 Å². The second kappa shape index (κ2) is 4.94. The highest BCUT2D eigenvalue weighted by atomic mass is 32.2. The molecule has 1 saturated heterocycles. The Kier molecular flexibility index (Phi) is 3.59. The highest BCUT2D eigenvalue weighted by Crippen LogP contribution is 2.22. The number of thioether (sulfide) groups is 1. The maximum Gasteiger partial charge on any atom is 0.141 e. The van der Waals surface area contributed by atoms with Crippen molar-refractivity contribution in [2.45, 2.75) is 19.0 Å². The number of pyridine rings is 1. The Morgan fingerprint density at radius 2 is 2.47 bits per heavy atom. The summed E-state index contributed by atoms with van der Waals surface area (Å²) < 4.78 is 12.9. The average molecular weight is 226 g/mol. The normalized spacial score (nSPS) is 21.1. The third kappa shape index (κ3) is 2.92. The molecule has 0 bridgehead atoms. The zero-order valence-electron chi connectivity index (χ0n) is 8.82. The fraction of sp³-hybridized carbons (Fsp3) is 0.545. The molecule has 1 aromatic heterocycles. The van der Waals surface area contributed by atoms with Gasteiger partial charge in [-0.05, 0) is 30.9 Å². The molecule has 0 N–H and O–H groups in total. The van der Waals surface area contributed by atoms with Crippen molar-refractivity contribution in [3.05, 3.63) is 29.8 Å². The van der Waals surface area contributed by atoms with Gasteiger partial charge >= 0.3 is 0 Å². The van der Waals surface area contributed by atoms with Crippen LogP contribution in [-0.2, 0) is 6.54 Å². The van der Waals surface area contributed by atoms with E-state index in [1.54, 1.807) is 12.3 Å². The van der Waals surface area contributed by atoms with Crippen molar-refractivity contribution in [1.82, 2.24) is 9.88 Å². The molecule has 1 aliphatic rings. The van der Waals surface area contributed by atoms with Gasteiger partial charge in [0, 0.05) is 24.5 Å². The second-order valence-electron chi connectivity index (χ2n) is 3.94. The minimum absolute atomic E-state index is 0.248. The molecule has 0 unspecified atom stereocenters. The molecule has 1 fully saturated rings. The molecule has 1 aliphatic heterocycles. The summed E-state index contributed by atoms with van der Waals surface area (Å²) in [4.78, 5) is 6.15. The fourth-order valence-electron chi connectivity index (χ4n) is 1.83. The SMILES string of the molecule is CN(Cc1cncc(F)c1)[C@@H]1CCSC1. The zero-order chi connectivity index (χ0) is 10.7. The van der Waals surface area contributed by atoms with Gasteiger partial charge < -0.3 is 0 Å². The smallest absolute Gasteiger partial charge is 0.141 e. The largest absolute Gasteiger partial charge is 0.298 e. The van der Waals surface area contributed by atoms with Crippen molar-refractivity contribution in [2.24, 2.45) is 0 Å². The summed E-state index contributed by atoms with van der Waals surface area (Å²) in [5.74, 6) is 2.19. The lowest BCUT2D eigenvalue weighted by Gasteiger charge is -2.23. The molecular formula is C11H15FN2S. The van der Waals surface area contributed by atoms with Crippen molar-refractivity contribution in [3.63, 3.8) is 0 Å². The number of nitrogens with zero attached hydrogens (tertiary/aromatic N) is 2. The van der Waals surface area contributed by atoms with Crippen LogP contribution in [0.25, 0.3) is 0 Å². The lowest BCUT2D eigenvalue weighted by Crippen LogP contribution is -2.30. The van der Waals surface area contributed by atoms with E-state index in [1.165, 1.54) is 24.1 Å². The minimum atomic E-state index is -0.248. The van der Waals surface area contributed by atoms with Crippen LogP contribution in [0.1, 0.15) is 12.0 Å². The van der Waals surface area contributed by atoms with E-state index in [1.807, 2.05) is 11.8 Å². The highest BCUT2D eigenvalue weighted by Gasteiger charge is 2.19. The highest BCUT2D eigenvalue weighted by molar-refractivity contribution is 7.99. The summed E-state index contributed by atoms with van der Waals surface area (Å²) in [7, 11) is 2.10. The van der Waals surface area contributed by atoms with Crippen LogP contribution < -0.4 is 0 Å². The number of halogens is 1. The molecule has 82 valence electrons. The van der Waals surface area contributed by atoms with E-state index in [-0.39, 0.29) is 5.82 Å². The number of aromatic nitrogens is 1. The first kappa shape index (κ1) is 10.9. The van der Waals surface area contributed by atoms with Crippen LogP contribution in [0.3, 0.4) is 0 Å². The summed E-state index contributed by atoms with van der Waals surface area (Å²) in [6.45, 7) is 0.788. The van der Waals surface area contributed by atoms with Crippen LogP contribution in [0.4, 0.5) is 4.39 Å². The topological polar surface area (TPSA) is 16.1 Å². The molecule has 1 aromatic rings. The number of hydrogen-bond acceptors (Lipinski definition) is 3. The first-order chi connectivity index (χ1) is 7.25. The summed E-state index contributed by atoms with van der Waals surface area (Å²) >= 11 is 1.99. The van der Waals surface area contributed by atoms with Gasteiger partial charge in [-0.15, -0.1) is 0 Å². The third-order valence-corrected chi connectivity index (χ3v) is 3.87. The Hall–Kier alpha value is -0.610. The summed E-state index contributed by atoms with van der Waals surface area (Å²) in [5.41, 5.74) is 0.953. The average Bonchev–Trinajstić information content (AvgIpc) is 2.70. The van der Waals surface area contributed by atoms with E-state index in [9.17, 15) is 4.39 Å². The van der Waals surface area contributed by atoms with Gasteiger partial charge in [0.05, 0.1) is 6.20 Å². The predicted molar refractivity (Wildman–Crippen MR) is 61.4 cm³/mol. The second-order valence-corrected chi connectivity index (χ2v) is 5.09. The van der Waals surface area contributed by atoms with Crippen molar-refractivity contribution >= 4 is 11.8 Å². The van der Waals surface area contributed by atoms with Crippen molar-refractivity contribution in [2.75, 3.05) is 18.6 Å². The molecule has 0 saturated carbocycles. The molecule has 0 radical (unpaired) electrons. The molecule has 2 nitrogen and oxygen atoms in total. The van der Waals surface area contributed by atoms with Crippen molar-refractivity contribution in [3.8, 4) is 0 Å². The van der Waals surface area contributed by atoms with Crippen molar-refractivity contribution < 1.29 is 4.39 Å². The monoisotopic (exact) mass is 226 g/mol. The van der Waals surface area contributed by atoms with E-state index < -0.39 is 0 Å². The summed E-state index contributed by atoms with van der Waals surface area (Å²) in [5, 5.41) is 0. The van der Waals surface area contributed by atoms with E-state index in [0.717, 1.165) is 12.1 Å². The van der Waals surface area contributed by atoms with Crippen LogP contribution in [0, 0.1) is 5.82 Å². The predicted octanol–water partition coefficient (Wildman–Crippen LogP) is 2.16. The summed E-state index contributed by atoms with van der Waals surface area (Å²) in [6.07, 6.45) is 4.22. The molecule has 2 heterocycles. The molecular weight excluding hydrogens is 211 g/mol. The maximum absolute atomic E-state index is 12.9. The third-order valence-electron chi connectivity index (χ3n) is 2.72. The van der Waals surface area contributed by atoms with Gasteiger partial charge in [-0.2, -0.15) is 11.8 Å². The van der Waals surface area contributed by atoms with E-state index >= 15 is 0 Å². The van der Waals surface area contributed by atoms with Gasteiger partial charge in [-0.1, -0.05) is 0 Å². The summed E-state index contributed by atoms with van der Waals surface area (Å²) in [6, 6.07) is 2.20. The lowest BCUT2D eigenvalue weighted by molar-refractivity contribution is 0.254. The molecule has 15 heavy (non-hydrogen) atoms. The van der Waals surface area contributed by atoms with Gasteiger partial charge in [-0.3, -0.25) is 9.88 Å². The van der Waals surface area contributed by atoms with Crippen LogP contribution in [-0.4, -0.2) is 34.5 Å². The van der Waals surface area contributed by atoms with Gasteiger partial charge in [0.2, 0.25) is 0 Å². The van der Waals surface area contributed by atoms with Gasteiger partial charge in [0.1, 0.15) is 5.82 Å². The Morgan fingerprint density at radius 3 is 3.13 bits per heavy atom. The Morgan fingerprint density at radius 1 is 1.60 bits per heavy atom. The van der Waals surface area contributed by atoms with E-state index in [2.05, 4.69) is 16.9 Å². The van der Waals surface area contributed by atoms with Gasteiger partial charge in [0.25, 0.3) is 0 Å². The molecule has 2 rings (SSSR count). The first-order valence-corrected chi connectivity index (χ1v) is 6.28. The number of hydrogen-bond donors (Lipinski definition) is 0. The fourth-order valence-corrected chi connectivity index (χ4v) is 3.13. The molecule has 1 atom stereocenters. The lowest BCUT2D eigenvalue weighted by atomic mass is 10.2. The first-order valence-electron chi connectivity index (χ1n) is 5.13. The van der Waals surface area contributed by atoms with Crippen LogP contribution in [0.5, 0.6) is 0 Å². The van der Waals surface area contributed by atoms with Gasteiger partial charge in [-0.25, -0.2) is 4.39 Å². The molecule has 0 spiro atoms. The van der Waals surface area contributed by atoms with E-state index in [0.29, 0.717) is 6.04 Å². The van der Waals surface area contributed by atoms with Crippen LogP contribution in [0.15, 0.2) is 18.5 Å². The zero-order valence-corrected chi connectivity index (χ0v) is 9.63. The molecule has 0 amide bonds. The van der Waals surface area contributed by atoms with Crippen LogP contribution >= 0.6 is 11.8 Å². The maximum atomic E-state index is 12.9. The molecule has 0 aromatic carbocycles. The van der Waals surface area contributed by atoms with Crippen molar-refractivity contribution in [1.29, 1.82) is 0 Å². The molecule has 4 heteroatoms. The Labute approximate surface area is 93.9 Å². The standard InChI is InChI=1S/C11H15FN2S/c1-14(11-2-3-15-8-11)7-9-4-10(12)6-13-5-9/h4-6,11H,2-3,7-8H2,1H3/t11-/m1/s1. The van der Waals surface area contributed by atoms with E-state index in [4.69, 9.17) is 0 Å². The Bertz CT molecular complexity index is 326. The quantitative estimate of drug-likeness (QED) is 0.785. The van der Waals surface area contributed by atoms with Gasteiger partial charge in [0.15, 0.2) is 0 Å². The number of rotatable bonds is 3. The molecule has 0 aliphatic carbocycles. The Balaban J connectivity index is 1.95.